The first kappa shape index (κ1) is 9.85. The molecule has 0 aromatic heterocycles. The third kappa shape index (κ3) is 1.28. The molecule has 0 aliphatic heterocycles. The summed E-state index contributed by atoms with van der Waals surface area (Å²) in [7, 11) is -0.728. The van der Waals surface area contributed by atoms with E-state index in [1.165, 1.54) is 22.3 Å². The second-order valence-electron chi connectivity index (χ2n) is 4.81. The standard InChI is InChI=1S/C15H15Si/c1-16(2)15-13-9-5-3-7-11(13)12-8-4-6-10-14(12)15/h3-9,15-16H,1-2H3. The quantitative estimate of drug-likeness (QED) is 0.648. The van der Waals surface area contributed by atoms with Crippen molar-refractivity contribution in [2.75, 3.05) is 0 Å². The number of rotatable bonds is 1. The Morgan fingerprint density at radius 2 is 1.75 bits per heavy atom. The van der Waals surface area contributed by atoms with E-state index >= 15 is 0 Å². The molecule has 16 heavy (non-hydrogen) atoms. The molecule has 2 aromatic rings. The Morgan fingerprint density at radius 1 is 1.00 bits per heavy atom. The van der Waals surface area contributed by atoms with E-state index in [4.69, 9.17) is 0 Å². The van der Waals surface area contributed by atoms with Crippen molar-refractivity contribution in [2.24, 2.45) is 0 Å². The van der Waals surface area contributed by atoms with Crippen LogP contribution in [0.15, 0.2) is 42.5 Å². The van der Waals surface area contributed by atoms with Crippen LogP contribution in [-0.4, -0.2) is 8.80 Å². The highest BCUT2D eigenvalue weighted by molar-refractivity contribution is 6.59. The molecule has 3 rings (SSSR count). The molecule has 79 valence electrons. The summed E-state index contributed by atoms with van der Waals surface area (Å²) in [6.45, 7) is 4.86. The molecular weight excluding hydrogens is 208 g/mol. The van der Waals surface area contributed by atoms with E-state index in [2.05, 4.69) is 61.6 Å². The molecule has 0 N–H and O–H groups in total. The van der Waals surface area contributed by atoms with E-state index in [9.17, 15) is 0 Å². The van der Waals surface area contributed by atoms with Crippen molar-refractivity contribution in [3.8, 4) is 11.1 Å². The molecule has 0 spiro atoms. The average molecular weight is 223 g/mol. The van der Waals surface area contributed by atoms with Gasteiger partial charge in [-0.3, -0.25) is 0 Å². The molecule has 1 aliphatic carbocycles. The van der Waals surface area contributed by atoms with Crippen LogP contribution in [0.4, 0.5) is 0 Å². The maximum absolute atomic E-state index is 3.46. The molecule has 1 unspecified atom stereocenters. The minimum absolute atomic E-state index is 0.660. The Labute approximate surface area is 98.6 Å². The van der Waals surface area contributed by atoms with Crippen LogP contribution in [0.3, 0.4) is 0 Å². The number of benzene rings is 2. The van der Waals surface area contributed by atoms with Crippen molar-refractivity contribution in [2.45, 2.75) is 18.6 Å². The van der Waals surface area contributed by atoms with Gasteiger partial charge in [-0.25, -0.2) is 0 Å². The lowest BCUT2D eigenvalue weighted by molar-refractivity contribution is 1.15. The van der Waals surface area contributed by atoms with Gasteiger partial charge in [0, 0.05) is 14.3 Å². The topological polar surface area (TPSA) is 0 Å². The second-order valence-corrected chi connectivity index (χ2v) is 7.96. The van der Waals surface area contributed by atoms with Crippen LogP contribution >= 0.6 is 0 Å². The van der Waals surface area contributed by atoms with Gasteiger partial charge in [-0.15, -0.1) is 0 Å². The molecule has 1 heteroatoms. The Bertz CT molecular complexity index is 483. The van der Waals surface area contributed by atoms with Crippen molar-refractivity contribution in [3.63, 3.8) is 0 Å². The first-order valence-electron chi connectivity index (χ1n) is 5.89. The monoisotopic (exact) mass is 223 g/mol. The minimum Gasteiger partial charge on any atom is -0.0714 e. The third-order valence-electron chi connectivity index (χ3n) is 3.45. The van der Waals surface area contributed by atoms with Crippen molar-refractivity contribution >= 4 is 8.80 Å². The number of fused-ring (bicyclic) bond motifs is 3. The van der Waals surface area contributed by atoms with Gasteiger partial charge in [-0.1, -0.05) is 55.6 Å². The van der Waals surface area contributed by atoms with E-state index in [0.717, 1.165) is 0 Å². The molecule has 0 saturated carbocycles. The Hall–Kier alpha value is -1.34. The third-order valence-corrected chi connectivity index (χ3v) is 5.48. The Balaban J connectivity index is 2.30. The van der Waals surface area contributed by atoms with E-state index in [1.807, 2.05) is 0 Å². The fraction of sp³-hybridized carbons (Fsp3) is 0.200. The summed E-state index contributed by atoms with van der Waals surface area (Å²) in [5.41, 5.74) is 6.46. The van der Waals surface area contributed by atoms with Crippen LogP contribution in [0.1, 0.15) is 16.7 Å². The Morgan fingerprint density at radius 3 is 2.56 bits per heavy atom. The van der Waals surface area contributed by atoms with Crippen LogP contribution in [0, 0.1) is 6.07 Å². The fourth-order valence-corrected chi connectivity index (χ4v) is 4.75. The van der Waals surface area contributed by atoms with Gasteiger partial charge in [0.15, 0.2) is 0 Å². The van der Waals surface area contributed by atoms with Crippen molar-refractivity contribution in [3.05, 3.63) is 59.7 Å². The highest BCUT2D eigenvalue weighted by atomic mass is 28.3. The van der Waals surface area contributed by atoms with Gasteiger partial charge in [0.1, 0.15) is 0 Å². The lowest BCUT2D eigenvalue weighted by atomic mass is 10.1. The molecular formula is C15H15Si. The smallest absolute Gasteiger partial charge is 0.0444 e. The van der Waals surface area contributed by atoms with Gasteiger partial charge in [-0.2, -0.15) is 0 Å². The maximum atomic E-state index is 3.46. The summed E-state index contributed by atoms with van der Waals surface area (Å²) in [5.74, 6) is 0. The number of hydrogen-bond acceptors (Lipinski definition) is 0. The van der Waals surface area contributed by atoms with Gasteiger partial charge < -0.3 is 0 Å². The predicted octanol–water partition coefficient (Wildman–Crippen LogP) is 3.62. The zero-order valence-electron chi connectivity index (χ0n) is 9.70. The molecule has 0 amide bonds. The van der Waals surface area contributed by atoms with E-state index in [-0.39, 0.29) is 0 Å². The molecule has 0 nitrogen and oxygen atoms in total. The van der Waals surface area contributed by atoms with Crippen LogP contribution in [0.2, 0.25) is 13.1 Å². The predicted molar refractivity (Wildman–Crippen MR) is 71.4 cm³/mol. The lowest BCUT2D eigenvalue weighted by Gasteiger charge is -2.16. The summed E-state index contributed by atoms with van der Waals surface area (Å²) < 4.78 is 0. The van der Waals surface area contributed by atoms with Crippen LogP contribution < -0.4 is 0 Å². The molecule has 1 atom stereocenters. The van der Waals surface area contributed by atoms with Crippen molar-refractivity contribution in [1.29, 1.82) is 0 Å². The van der Waals surface area contributed by atoms with Crippen LogP contribution in [-0.2, 0) is 0 Å². The van der Waals surface area contributed by atoms with Crippen LogP contribution in [0.5, 0.6) is 0 Å². The summed E-state index contributed by atoms with van der Waals surface area (Å²) in [6, 6.07) is 18.7. The second kappa shape index (κ2) is 3.60. The molecule has 0 heterocycles. The van der Waals surface area contributed by atoms with E-state index < -0.39 is 8.80 Å². The number of hydrogen-bond donors (Lipinski definition) is 0. The van der Waals surface area contributed by atoms with Gasteiger partial charge in [0.2, 0.25) is 0 Å². The van der Waals surface area contributed by atoms with Gasteiger partial charge in [-0.05, 0) is 28.3 Å². The van der Waals surface area contributed by atoms with Gasteiger partial charge in [0.25, 0.3) is 0 Å². The Kier molecular flexibility index (Phi) is 2.22. The summed E-state index contributed by atoms with van der Waals surface area (Å²) >= 11 is 0. The van der Waals surface area contributed by atoms with Crippen molar-refractivity contribution in [1.82, 2.24) is 0 Å². The van der Waals surface area contributed by atoms with Gasteiger partial charge >= 0.3 is 0 Å². The fourth-order valence-electron chi connectivity index (χ4n) is 2.80. The summed E-state index contributed by atoms with van der Waals surface area (Å²) in [6.07, 6.45) is 0. The normalized spacial score (nSPS) is 13.9. The zero-order chi connectivity index (χ0) is 11.1. The van der Waals surface area contributed by atoms with Crippen molar-refractivity contribution < 1.29 is 0 Å². The molecule has 0 bridgehead atoms. The molecule has 2 aromatic carbocycles. The SMILES string of the molecule is C[SiH](C)C1c2[c]cccc2-c2ccccc21. The van der Waals surface area contributed by atoms with Gasteiger partial charge in [0.05, 0.1) is 0 Å². The summed E-state index contributed by atoms with van der Waals surface area (Å²) in [4.78, 5) is 0. The minimum atomic E-state index is -0.728. The van der Waals surface area contributed by atoms with Crippen LogP contribution in [0.25, 0.3) is 11.1 Å². The molecule has 0 fully saturated rings. The zero-order valence-corrected chi connectivity index (χ0v) is 10.9. The highest BCUT2D eigenvalue weighted by Crippen LogP contribution is 2.45. The van der Waals surface area contributed by atoms with E-state index in [0.29, 0.717) is 5.54 Å². The molecule has 0 saturated heterocycles. The molecule has 1 aliphatic rings. The summed E-state index contributed by atoms with van der Waals surface area (Å²) in [5, 5.41) is 0. The largest absolute Gasteiger partial charge is 0.0714 e. The maximum Gasteiger partial charge on any atom is 0.0444 e. The first-order valence-corrected chi connectivity index (χ1v) is 8.86. The van der Waals surface area contributed by atoms with E-state index in [1.54, 1.807) is 0 Å². The first-order chi connectivity index (χ1) is 7.79. The average Bonchev–Trinajstić information content (AvgIpc) is 2.63. The highest BCUT2D eigenvalue weighted by Gasteiger charge is 2.30. The molecule has 1 radical (unpaired) electrons. The lowest BCUT2D eigenvalue weighted by Crippen LogP contribution is -2.14.